The summed E-state index contributed by atoms with van der Waals surface area (Å²) in [6, 6.07) is 13.0. The monoisotopic (exact) mass is 772 g/mol. The summed E-state index contributed by atoms with van der Waals surface area (Å²) in [5, 5.41) is 24.7. The molecule has 10 nitrogen and oxygen atoms in total. The third-order valence-corrected chi connectivity index (χ3v) is 11.1. The molecule has 1 fully saturated rings. The predicted octanol–water partition coefficient (Wildman–Crippen LogP) is 8.17. The van der Waals surface area contributed by atoms with Gasteiger partial charge < -0.3 is 38.9 Å². The van der Waals surface area contributed by atoms with Gasteiger partial charge in [-0.3, -0.25) is 4.79 Å². The molecule has 1 amide bonds. The van der Waals surface area contributed by atoms with E-state index in [0.29, 0.717) is 49.7 Å². The summed E-state index contributed by atoms with van der Waals surface area (Å²) in [4.78, 5) is 23.0. The Bertz CT molecular complexity index is 1700. The molecule has 2 N–H and O–H groups in total. The number of oxime groups is 1. The number of fused-ring (bicyclic) bond motifs is 2. The van der Waals surface area contributed by atoms with Gasteiger partial charge in [-0.1, -0.05) is 61.9 Å². The maximum Gasteiger partial charge on any atom is 0.239 e. The molecule has 5 rings (SSSR count). The Hall–Kier alpha value is -4.12. The number of aliphatic hydroxyl groups is 2. The van der Waals surface area contributed by atoms with Crippen LogP contribution >= 0.6 is 0 Å². The fraction of sp³-hybridized carbons (Fsp3) is 0.565. The van der Waals surface area contributed by atoms with Gasteiger partial charge in [-0.25, -0.2) is 0 Å². The van der Waals surface area contributed by atoms with Crippen molar-refractivity contribution >= 4 is 11.6 Å². The van der Waals surface area contributed by atoms with Crippen molar-refractivity contribution in [2.45, 2.75) is 109 Å². The van der Waals surface area contributed by atoms with E-state index in [-0.39, 0.29) is 55.8 Å². The molecule has 6 atom stereocenters. The Morgan fingerprint density at radius 3 is 2.45 bits per heavy atom. The molecule has 0 unspecified atom stereocenters. The molecule has 2 aliphatic carbocycles. The summed E-state index contributed by atoms with van der Waals surface area (Å²) in [5.74, 6) is 0.473. The van der Waals surface area contributed by atoms with Crippen LogP contribution in [-0.4, -0.2) is 84.2 Å². The Morgan fingerprint density at radius 1 is 1.02 bits per heavy atom. The molecule has 1 aliphatic heterocycles. The highest BCUT2D eigenvalue weighted by molar-refractivity contribution is 6.03. The van der Waals surface area contributed by atoms with E-state index >= 15 is 0 Å². The standard InChI is InChI=1S/C46H64N2O8/c1-8-22-48(42(51)28-32-16-15-18-34(27-32)52-7)41-31-39(47-56-45(4,5)6)37-29-33(17-11-13-23-49)36(19-12-14-24-50)43-38-30-35(53-25-9-2)20-21-40(38)55-46(41,44(37)43)54-26-10-3/h9-10,15-16,18,20-21,27,29-30,33,36,41,43-44,49-50H,2-3,8,11-14,17,19,22-26,28,31H2,1,4-7H3/t33-,36+,41-,43+,44+,46+/m0/s1. The van der Waals surface area contributed by atoms with Crippen molar-refractivity contribution in [3.8, 4) is 17.2 Å². The number of rotatable bonds is 21. The van der Waals surface area contributed by atoms with Gasteiger partial charge in [-0.05, 0) is 106 Å². The fourth-order valence-corrected chi connectivity index (χ4v) is 8.84. The maximum atomic E-state index is 14.8. The van der Waals surface area contributed by atoms with Crippen LogP contribution < -0.4 is 14.2 Å². The summed E-state index contributed by atoms with van der Waals surface area (Å²) in [7, 11) is 1.63. The van der Waals surface area contributed by atoms with Crippen LogP contribution in [0.4, 0.5) is 0 Å². The average Bonchev–Trinajstić information content (AvgIpc) is 3.18. The SMILES string of the molecule is C=CCOc1ccc2c(c1)[C@H]1[C@H](CCCCO)[C@@H](CCCCO)C=C3C(=NOC(C)(C)C)C[C@H](N(CCC)C(=O)Cc4cccc(OC)c4)[C@@](OCC=C)(O2)[C@H]31. The van der Waals surface area contributed by atoms with Gasteiger partial charge in [0.1, 0.15) is 35.5 Å². The van der Waals surface area contributed by atoms with Gasteiger partial charge in [0, 0.05) is 37.7 Å². The quantitative estimate of drug-likeness (QED) is 0.0742. The van der Waals surface area contributed by atoms with Gasteiger partial charge in [0.2, 0.25) is 11.7 Å². The Labute approximate surface area is 334 Å². The van der Waals surface area contributed by atoms with Crippen molar-refractivity contribution in [2.75, 3.05) is 40.1 Å². The van der Waals surface area contributed by atoms with Crippen molar-refractivity contribution in [1.29, 1.82) is 0 Å². The molecular formula is C46H64N2O8. The minimum atomic E-state index is -1.31. The molecule has 1 heterocycles. The first kappa shape index (κ1) is 43.0. The third-order valence-electron chi connectivity index (χ3n) is 11.1. The van der Waals surface area contributed by atoms with Crippen molar-refractivity contribution < 1.29 is 38.8 Å². The molecular weight excluding hydrogens is 709 g/mol. The number of nitrogens with zero attached hydrogens (tertiary/aromatic N) is 2. The van der Waals surface area contributed by atoms with E-state index in [2.05, 4.69) is 32.2 Å². The lowest BCUT2D eigenvalue weighted by molar-refractivity contribution is -0.257. The number of ether oxygens (including phenoxy) is 4. The topological polar surface area (TPSA) is 119 Å². The van der Waals surface area contributed by atoms with Crippen LogP contribution in [-0.2, 0) is 20.8 Å². The zero-order valence-corrected chi connectivity index (χ0v) is 34.2. The van der Waals surface area contributed by atoms with Crippen LogP contribution in [0, 0.1) is 17.8 Å². The second-order valence-corrected chi connectivity index (χ2v) is 16.2. The highest BCUT2D eigenvalue weighted by Gasteiger charge is 2.65. The molecule has 306 valence electrons. The van der Waals surface area contributed by atoms with Crippen LogP contribution in [0.3, 0.4) is 0 Å². The number of methoxy groups -OCH3 is 1. The number of carbonyl (C=O) groups is 1. The number of aliphatic hydroxyl groups excluding tert-OH is 2. The van der Waals surface area contributed by atoms with Crippen LogP contribution in [0.1, 0.15) is 96.1 Å². The summed E-state index contributed by atoms with van der Waals surface area (Å²) < 4.78 is 26.0. The average molecular weight is 773 g/mol. The fourth-order valence-electron chi connectivity index (χ4n) is 8.84. The summed E-state index contributed by atoms with van der Waals surface area (Å²) in [6.45, 7) is 17.2. The number of benzene rings is 2. The normalized spacial score (nSPS) is 24.6. The zero-order chi connectivity index (χ0) is 40.3. The number of allylic oxidation sites excluding steroid dienone is 1. The molecule has 0 saturated heterocycles. The first-order chi connectivity index (χ1) is 27.0. The van der Waals surface area contributed by atoms with Gasteiger partial charge in [-0.15, -0.1) is 6.58 Å². The molecule has 3 aliphatic rings. The molecule has 2 aromatic rings. The summed E-state index contributed by atoms with van der Waals surface area (Å²) in [5.41, 5.74) is 3.09. The van der Waals surface area contributed by atoms with Gasteiger partial charge in [-0.2, -0.15) is 0 Å². The zero-order valence-electron chi connectivity index (χ0n) is 34.2. The van der Waals surface area contributed by atoms with Crippen LogP contribution in [0.5, 0.6) is 17.2 Å². The lowest BCUT2D eigenvalue weighted by Crippen LogP contribution is -2.70. The summed E-state index contributed by atoms with van der Waals surface area (Å²) in [6.07, 6.45) is 11.9. The van der Waals surface area contributed by atoms with E-state index in [9.17, 15) is 15.0 Å². The van der Waals surface area contributed by atoms with Crippen molar-refractivity contribution in [3.63, 3.8) is 0 Å². The van der Waals surface area contributed by atoms with Crippen molar-refractivity contribution in [1.82, 2.24) is 4.90 Å². The lowest BCUT2D eigenvalue weighted by atomic mass is 9.55. The number of carbonyl (C=O) groups excluding carboxylic acids is 1. The van der Waals surface area contributed by atoms with Gasteiger partial charge in [0.25, 0.3) is 0 Å². The Morgan fingerprint density at radius 2 is 1.77 bits per heavy atom. The highest BCUT2D eigenvalue weighted by atomic mass is 16.7. The van der Waals surface area contributed by atoms with Crippen molar-refractivity contribution in [3.05, 3.63) is 90.6 Å². The van der Waals surface area contributed by atoms with Gasteiger partial charge in [0.05, 0.1) is 31.8 Å². The molecule has 10 heteroatoms. The van der Waals surface area contributed by atoms with E-state index in [4.69, 9.17) is 28.9 Å². The largest absolute Gasteiger partial charge is 0.497 e. The Kier molecular flexibility index (Phi) is 15.2. The van der Waals surface area contributed by atoms with Gasteiger partial charge in [0.15, 0.2) is 0 Å². The molecule has 56 heavy (non-hydrogen) atoms. The Balaban J connectivity index is 1.78. The lowest BCUT2D eigenvalue weighted by Gasteiger charge is -2.60. The second-order valence-electron chi connectivity index (χ2n) is 16.2. The minimum absolute atomic E-state index is 0.0495. The van der Waals surface area contributed by atoms with E-state index in [0.717, 1.165) is 54.5 Å². The number of unbranched alkanes of at least 4 members (excludes halogenated alkanes) is 2. The van der Waals surface area contributed by atoms with Crippen LogP contribution in [0.2, 0.25) is 0 Å². The van der Waals surface area contributed by atoms with E-state index < -0.39 is 17.4 Å². The molecule has 0 spiro atoms. The molecule has 0 radical (unpaired) electrons. The van der Waals surface area contributed by atoms with E-state index in [1.54, 1.807) is 19.3 Å². The predicted molar refractivity (Wildman–Crippen MR) is 220 cm³/mol. The minimum Gasteiger partial charge on any atom is -0.497 e. The first-order valence-corrected chi connectivity index (χ1v) is 20.5. The van der Waals surface area contributed by atoms with E-state index in [1.807, 2.05) is 62.1 Å². The van der Waals surface area contributed by atoms with Crippen LogP contribution in [0.15, 0.2) is 84.6 Å². The highest BCUT2D eigenvalue weighted by Crippen LogP contribution is 2.62. The molecule has 0 bridgehead atoms. The number of hydrogen-bond acceptors (Lipinski definition) is 9. The molecule has 2 aromatic carbocycles. The van der Waals surface area contributed by atoms with E-state index in [1.165, 1.54) is 0 Å². The smallest absolute Gasteiger partial charge is 0.239 e. The number of hydrogen-bond donors (Lipinski definition) is 2. The maximum absolute atomic E-state index is 14.8. The third kappa shape index (κ3) is 9.87. The molecule has 0 aromatic heterocycles. The second kappa shape index (κ2) is 19.8. The molecule has 1 saturated carbocycles. The van der Waals surface area contributed by atoms with Gasteiger partial charge >= 0.3 is 0 Å². The first-order valence-electron chi connectivity index (χ1n) is 20.5. The number of amides is 1. The summed E-state index contributed by atoms with van der Waals surface area (Å²) >= 11 is 0. The van der Waals surface area contributed by atoms with Crippen LogP contribution in [0.25, 0.3) is 0 Å². The van der Waals surface area contributed by atoms with Crippen molar-refractivity contribution in [2.24, 2.45) is 22.9 Å².